The molecule has 0 rings (SSSR count). The van der Waals surface area contributed by atoms with Gasteiger partial charge in [0, 0.05) is 12.8 Å². The normalized spacial score (nSPS) is 13.4. The van der Waals surface area contributed by atoms with Crippen molar-refractivity contribution in [1.29, 1.82) is 0 Å². The lowest BCUT2D eigenvalue weighted by molar-refractivity contribution is -0.870. The largest absolute Gasteiger partial charge is 0.472 e. The fourth-order valence-electron chi connectivity index (χ4n) is 9.21. The van der Waals surface area contributed by atoms with E-state index in [1.807, 2.05) is 21.1 Å². The summed E-state index contributed by atoms with van der Waals surface area (Å²) in [7, 11) is 1.49. The molecule has 9 nitrogen and oxygen atoms in total. The standard InChI is InChI=1S/C64H122NO8P/c1-6-8-10-12-14-16-18-19-20-21-22-23-24-25-26-27-28-29-30-31-32-33-34-35-36-37-38-39-40-41-42-43-44-45-47-49-51-53-55-57-64(67)73-62(61-72-74(68,69)71-59-58-65(3,4)5)60-70-63(66)56-54-52-50-48-46-17-15-13-11-9-7-2/h13,15,18-19,21-22,62H,6-12,14,16-17,20,23-61H2,1-5H3/p+1/b15-13-,19-18-,22-21-. The van der Waals surface area contributed by atoms with Gasteiger partial charge in [0.05, 0.1) is 27.7 Å². The zero-order chi connectivity index (χ0) is 54.2. The van der Waals surface area contributed by atoms with E-state index in [4.69, 9.17) is 18.5 Å². The Hall–Kier alpha value is -1.77. The first-order valence-electron chi connectivity index (χ1n) is 31.7. The SMILES string of the molecule is CCCC/C=C\CCCCCCCC(=O)OCC(COP(=O)(O)OCC[N+](C)(C)C)OC(=O)CCCCCCCCCCCCCCCCCCCCCCCCCCCCC/C=C\C/C=C\CCCCCCC. The quantitative estimate of drug-likeness (QED) is 0.0211. The highest BCUT2D eigenvalue weighted by molar-refractivity contribution is 7.47. The lowest BCUT2D eigenvalue weighted by atomic mass is 10.0. The van der Waals surface area contributed by atoms with E-state index in [1.54, 1.807) is 0 Å². The lowest BCUT2D eigenvalue weighted by Gasteiger charge is -2.24. The van der Waals surface area contributed by atoms with E-state index >= 15 is 0 Å². The third kappa shape index (κ3) is 59.5. The number of phosphoric acid groups is 1. The summed E-state index contributed by atoms with van der Waals surface area (Å²) >= 11 is 0. The Morgan fingerprint density at radius 2 is 0.743 bits per heavy atom. The lowest BCUT2D eigenvalue weighted by Crippen LogP contribution is -2.37. The van der Waals surface area contributed by atoms with Crippen molar-refractivity contribution in [2.24, 2.45) is 0 Å². The van der Waals surface area contributed by atoms with E-state index in [2.05, 4.69) is 50.3 Å². The monoisotopic (exact) mass is 1060 g/mol. The molecule has 0 spiro atoms. The number of unbranched alkanes of at least 4 members (excludes halogenated alkanes) is 39. The van der Waals surface area contributed by atoms with Crippen LogP contribution in [0.5, 0.6) is 0 Å². The van der Waals surface area contributed by atoms with Gasteiger partial charge in [0.1, 0.15) is 19.8 Å². The van der Waals surface area contributed by atoms with Gasteiger partial charge < -0.3 is 18.9 Å². The molecule has 436 valence electrons. The summed E-state index contributed by atoms with van der Waals surface area (Å²) in [6.45, 7) is 4.40. The molecule has 0 radical (unpaired) electrons. The Labute approximate surface area is 459 Å². The minimum absolute atomic E-state index is 0.0326. The summed E-state index contributed by atoms with van der Waals surface area (Å²) in [5, 5.41) is 0. The highest BCUT2D eigenvalue weighted by Crippen LogP contribution is 2.43. The van der Waals surface area contributed by atoms with Crippen LogP contribution in [-0.4, -0.2) is 74.9 Å². The van der Waals surface area contributed by atoms with Crippen molar-refractivity contribution in [3.63, 3.8) is 0 Å². The van der Waals surface area contributed by atoms with Gasteiger partial charge in [-0.25, -0.2) is 4.57 Å². The highest BCUT2D eigenvalue weighted by Gasteiger charge is 2.27. The van der Waals surface area contributed by atoms with Gasteiger partial charge in [-0.15, -0.1) is 0 Å². The van der Waals surface area contributed by atoms with Gasteiger partial charge in [-0.2, -0.15) is 0 Å². The van der Waals surface area contributed by atoms with Crippen LogP contribution in [0.15, 0.2) is 36.5 Å². The number of carbonyl (C=O) groups is 2. The van der Waals surface area contributed by atoms with Gasteiger partial charge in [-0.3, -0.25) is 18.6 Å². The molecule has 0 aromatic heterocycles. The van der Waals surface area contributed by atoms with Crippen LogP contribution in [-0.2, 0) is 32.7 Å². The van der Waals surface area contributed by atoms with Gasteiger partial charge in [-0.1, -0.05) is 269 Å². The van der Waals surface area contributed by atoms with Gasteiger partial charge in [-0.05, 0) is 64.2 Å². The number of esters is 2. The number of likely N-dealkylation sites (N-methyl/N-ethyl adjacent to an activating group) is 1. The number of rotatable bonds is 59. The fourth-order valence-corrected chi connectivity index (χ4v) is 9.95. The number of allylic oxidation sites excluding steroid dienone is 6. The van der Waals surface area contributed by atoms with Crippen LogP contribution in [0.3, 0.4) is 0 Å². The summed E-state index contributed by atoms with van der Waals surface area (Å²) in [4.78, 5) is 35.6. The molecule has 2 unspecified atom stereocenters. The highest BCUT2D eigenvalue weighted by atomic mass is 31.2. The molecule has 0 aliphatic carbocycles. The van der Waals surface area contributed by atoms with Crippen LogP contribution in [0.2, 0.25) is 0 Å². The summed E-state index contributed by atoms with van der Waals surface area (Å²) in [6.07, 6.45) is 69.8. The Kier molecular flexibility index (Phi) is 54.6. The molecule has 0 fully saturated rings. The number of quaternary nitrogens is 1. The maximum absolute atomic E-state index is 12.8. The third-order valence-electron chi connectivity index (χ3n) is 14.1. The van der Waals surface area contributed by atoms with E-state index in [9.17, 15) is 19.0 Å². The number of hydrogen-bond donors (Lipinski definition) is 1. The molecule has 0 saturated heterocycles. The zero-order valence-corrected chi connectivity index (χ0v) is 50.5. The van der Waals surface area contributed by atoms with Crippen LogP contribution in [0.25, 0.3) is 0 Å². The van der Waals surface area contributed by atoms with E-state index in [-0.39, 0.29) is 32.0 Å². The van der Waals surface area contributed by atoms with Gasteiger partial charge in [0.2, 0.25) is 0 Å². The van der Waals surface area contributed by atoms with Crippen LogP contribution in [0, 0.1) is 0 Å². The molecule has 2 atom stereocenters. The first kappa shape index (κ1) is 72.2. The van der Waals surface area contributed by atoms with Gasteiger partial charge >= 0.3 is 19.8 Å². The smallest absolute Gasteiger partial charge is 0.462 e. The minimum Gasteiger partial charge on any atom is -0.462 e. The molecule has 0 aliphatic heterocycles. The molecular weight excluding hydrogens is 942 g/mol. The van der Waals surface area contributed by atoms with E-state index < -0.39 is 26.5 Å². The van der Waals surface area contributed by atoms with Crippen LogP contribution in [0.1, 0.15) is 309 Å². The van der Waals surface area contributed by atoms with Crippen LogP contribution < -0.4 is 0 Å². The average molecular weight is 1070 g/mol. The second-order valence-electron chi connectivity index (χ2n) is 22.8. The van der Waals surface area contributed by atoms with E-state index in [0.717, 1.165) is 64.2 Å². The molecule has 0 heterocycles. The molecule has 0 amide bonds. The number of ether oxygens (including phenoxy) is 2. The predicted molar refractivity (Wildman–Crippen MR) is 317 cm³/mol. The Bertz CT molecular complexity index is 1340. The van der Waals surface area contributed by atoms with Crippen molar-refractivity contribution >= 4 is 19.8 Å². The van der Waals surface area contributed by atoms with Gasteiger partial charge in [0.25, 0.3) is 0 Å². The fraction of sp³-hybridized carbons (Fsp3) is 0.875. The van der Waals surface area contributed by atoms with Crippen molar-refractivity contribution in [2.45, 2.75) is 315 Å². The Morgan fingerprint density at radius 1 is 0.419 bits per heavy atom. The first-order chi connectivity index (χ1) is 36.0. The number of carbonyl (C=O) groups excluding carboxylic acids is 2. The molecule has 1 N–H and O–H groups in total. The number of hydrogen-bond acceptors (Lipinski definition) is 7. The van der Waals surface area contributed by atoms with E-state index in [0.29, 0.717) is 17.4 Å². The third-order valence-corrected chi connectivity index (χ3v) is 15.1. The Morgan fingerprint density at radius 3 is 1.12 bits per heavy atom. The van der Waals surface area contributed by atoms with Crippen LogP contribution >= 0.6 is 7.82 Å². The molecular formula is C64H123NO8P+. The summed E-state index contributed by atoms with van der Waals surface area (Å²) in [5.74, 6) is -0.796. The molecule has 10 heteroatoms. The molecule has 0 aromatic carbocycles. The zero-order valence-electron chi connectivity index (χ0n) is 49.6. The predicted octanol–water partition coefficient (Wildman–Crippen LogP) is 19.9. The molecule has 0 bridgehead atoms. The van der Waals surface area contributed by atoms with Crippen LogP contribution in [0.4, 0.5) is 0 Å². The van der Waals surface area contributed by atoms with E-state index in [1.165, 1.54) is 212 Å². The summed E-state index contributed by atoms with van der Waals surface area (Å²) in [5.41, 5.74) is 0. The second-order valence-corrected chi connectivity index (χ2v) is 24.2. The first-order valence-corrected chi connectivity index (χ1v) is 33.2. The summed E-state index contributed by atoms with van der Waals surface area (Å²) < 4.78 is 34.5. The average Bonchev–Trinajstić information content (AvgIpc) is 3.36. The van der Waals surface area contributed by atoms with Crippen molar-refractivity contribution in [3.8, 4) is 0 Å². The molecule has 0 aromatic rings. The van der Waals surface area contributed by atoms with Crippen molar-refractivity contribution in [1.82, 2.24) is 0 Å². The second kappa shape index (κ2) is 56.0. The molecule has 0 aliphatic rings. The maximum atomic E-state index is 12.8. The maximum Gasteiger partial charge on any atom is 0.472 e. The topological polar surface area (TPSA) is 108 Å². The minimum atomic E-state index is -4.38. The van der Waals surface area contributed by atoms with Crippen molar-refractivity contribution < 1.29 is 42.1 Å². The molecule has 74 heavy (non-hydrogen) atoms. The van der Waals surface area contributed by atoms with Crippen molar-refractivity contribution in [2.75, 3.05) is 47.5 Å². The van der Waals surface area contributed by atoms with Crippen molar-refractivity contribution in [3.05, 3.63) is 36.5 Å². The summed E-state index contributed by atoms with van der Waals surface area (Å²) in [6, 6.07) is 0. The Balaban J connectivity index is 3.83. The number of nitrogens with zero attached hydrogens (tertiary/aromatic N) is 1. The number of phosphoric ester groups is 1. The molecule has 0 saturated carbocycles. The van der Waals surface area contributed by atoms with Gasteiger partial charge in [0.15, 0.2) is 6.10 Å².